The number of hydrogen-bond donors (Lipinski definition) is 3. The second-order valence-corrected chi connectivity index (χ2v) is 8.51. The SMILES string of the molecule is O=c1[nH]c2ccc(-c3nc(NCC(c4ccccc4)c4ccccc4)c4ccccc4n3)cc2[nH]1. The summed E-state index contributed by atoms with van der Waals surface area (Å²) in [4.78, 5) is 27.0. The molecule has 0 aliphatic heterocycles. The molecule has 0 saturated carbocycles. The minimum atomic E-state index is -0.230. The standard InChI is InChI=1S/C29H23N5O/c35-29-32-25-16-15-21(17-26(25)33-29)27-31-24-14-8-7-13-22(24)28(34-27)30-18-23(19-9-3-1-4-10-19)20-11-5-2-6-12-20/h1-17,23H,18H2,(H,30,31,34)(H2,32,33,35). The summed E-state index contributed by atoms with van der Waals surface area (Å²) in [5.74, 6) is 1.55. The summed E-state index contributed by atoms with van der Waals surface area (Å²) < 4.78 is 0. The van der Waals surface area contributed by atoms with Gasteiger partial charge in [0.2, 0.25) is 0 Å². The molecule has 6 rings (SSSR count). The monoisotopic (exact) mass is 457 g/mol. The van der Waals surface area contributed by atoms with Crippen molar-refractivity contribution in [3.8, 4) is 11.4 Å². The fourth-order valence-corrected chi connectivity index (χ4v) is 4.51. The van der Waals surface area contributed by atoms with Crippen LogP contribution in [0.3, 0.4) is 0 Å². The van der Waals surface area contributed by atoms with Gasteiger partial charge in [0.25, 0.3) is 0 Å². The summed E-state index contributed by atoms with van der Waals surface area (Å²) in [6, 6.07) is 34.7. The molecule has 0 aliphatic rings. The number of para-hydroxylation sites is 1. The average molecular weight is 458 g/mol. The van der Waals surface area contributed by atoms with Crippen molar-refractivity contribution in [1.29, 1.82) is 0 Å². The highest BCUT2D eigenvalue weighted by Crippen LogP contribution is 2.29. The molecule has 0 bridgehead atoms. The lowest BCUT2D eigenvalue weighted by Crippen LogP contribution is -2.15. The quantitative estimate of drug-likeness (QED) is 0.299. The van der Waals surface area contributed by atoms with E-state index < -0.39 is 0 Å². The van der Waals surface area contributed by atoms with Crippen molar-refractivity contribution in [2.24, 2.45) is 0 Å². The molecule has 0 radical (unpaired) electrons. The number of hydrogen-bond acceptors (Lipinski definition) is 4. The van der Waals surface area contributed by atoms with Gasteiger partial charge in [-0.2, -0.15) is 0 Å². The molecule has 0 atom stereocenters. The third-order valence-corrected chi connectivity index (χ3v) is 6.25. The third-order valence-electron chi connectivity index (χ3n) is 6.25. The first kappa shape index (κ1) is 20.9. The van der Waals surface area contributed by atoms with Crippen LogP contribution in [0.25, 0.3) is 33.3 Å². The number of imidazole rings is 1. The van der Waals surface area contributed by atoms with E-state index in [2.05, 4.69) is 63.8 Å². The lowest BCUT2D eigenvalue weighted by molar-refractivity contribution is 0.849. The van der Waals surface area contributed by atoms with Gasteiger partial charge in [-0.05, 0) is 41.5 Å². The highest BCUT2D eigenvalue weighted by molar-refractivity contribution is 5.91. The lowest BCUT2D eigenvalue weighted by atomic mass is 9.91. The summed E-state index contributed by atoms with van der Waals surface area (Å²) in [5.41, 5.74) is 5.44. The zero-order chi connectivity index (χ0) is 23.6. The molecule has 0 unspecified atom stereocenters. The molecule has 170 valence electrons. The second kappa shape index (κ2) is 8.91. The largest absolute Gasteiger partial charge is 0.368 e. The molecule has 0 fully saturated rings. The van der Waals surface area contributed by atoms with E-state index in [0.29, 0.717) is 12.4 Å². The Balaban J connectivity index is 1.40. The molecule has 2 heterocycles. The Morgan fingerprint density at radius 1 is 0.714 bits per heavy atom. The van der Waals surface area contributed by atoms with Crippen molar-refractivity contribution in [1.82, 2.24) is 19.9 Å². The topological polar surface area (TPSA) is 86.5 Å². The van der Waals surface area contributed by atoms with Crippen LogP contribution in [0, 0.1) is 0 Å². The Morgan fingerprint density at radius 3 is 2.11 bits per heavy atom. The van der Waals surface area contributed by atoms with E-state index in [-0.39, 0.29) is 11.6 Å². The Labute approximate surface area is 201 Å². The smallest absolute Gasteiger partial charge is 0.323 e. The van der Waals surface area contributed by atoms with Crippen molar-refractivity contribution >= 4 is 27.8 Å². The minimum Gasteiger partial charge on any atom is -0.368 e. The van der Waals surface area contributed by atoms with Crippen LogP contribution >= 0.6 is 0 Å². The molecule has 6 nitrogen and oxygen atoms in total. The first-order valence-corrected chi connectivity index (χ1v) is 11.6. The number of aromatic amines is 2. The van der Waals surface area contributed by atoms with Gasteiger partial charge in [-0.15, -0.1) is 0 Å². The average Bonchev–Trinajstić information content (AvgIpc) is 3.29. The number of fused-ring (bicyclic) bond motifs is 2. The number of rotatable bonds is 6. The number of nitrogens with one attached hydrogen (secondary N) is 3. The fourth-order valence-electron chi connectivity index (χ4n) is 4.51. The number of benzene rings is 4. The van der Waals surface area contributed by atoms with Crippen LogP contribution in [0.4, 0.5) is 5.82 Å². The summed E-state index contributed by atoms with van der Waals surface area (Å²) in [7, 11) is 0. The van der Waals surface area contributed by atoms with E-state index in [1.165, 1.54) is 11.1 Å². The maximum Gasteiger partial charge on any atom is 0.323 e. The molecule has 0 spiro atoms. The van der Waals surface area contributed by atoms with E-state index >= 15 is 0 Å². The zero-order valence-corrected chi connectivity index (χ0v) is 18.9. The van der Waals surface area contributed by atoms with Crippen molar-refractivity contribution in [2.75, 3.05) is 11.9 Å². The van der Waals surface area contributed by atoms with Crippen molar-refractivity contribution in [2.45, 2.75) is 5.92 Å². The van der Waals surface area contributed by atoms with Crippen molar-refractivity contribution in [3.05, 3.63) is 125 Å². The summed E-state index contributed by atoms with van der Waals surface area (Å²) in [5, 5.41) is 4.59. The van der Waals surface area contributed by atoms with Crippen LogP contribution in [-0.2, 0) is 0 Å². The molecular weight excluding hydrogens is 434 g/mol. The van der Waals surface area contributed by atoms with Gasteiger partial charge in [0, 0.05) is 23.4 Å². The van der Waals surface area contributed by atoms with Crippen LogP contribution in [0.1, 0.15) is 17.0 Å². The lowest BCUT2D eigenvalue weighted by Gasteiger charge is -2.20. The normalized spacial score (nSPS) is 11.3. The predicted octanol–water partition coefficient (Wildman–Crippen LogP) is 5.71. The Morgan fingerprint density at radius 2 is 1.37 bits per heavy atom. The van der Waals surface area contributed by atoms with Gasteiger partial charge in [0.05, 0.1) is 16.6 Å². The van der Waals surface area contributed by atoms with Gasteiger partial charge in [-0.3, -0.25) is 0 Å². The van der Waals surface area contributed by atoms with Crippen LogP contribution in [0.2, 0.25) is 0 Å². The minimum absolute atomic E-state index is 0.163. The molecular formula is C29H23N5O. The molecule has 0 amide bonds. The van der Waals surface area contributed by atoms with E-state index in [1.807, 2.05) is 54.6 Å². The van der Waals surface area contributed by atoms with Gasteiger partial charge in [0.1, 0.15) is 5.82 Å². The molecule has 35 heavy (non-hydrogen) atoms. The van der Waals surface area contributed by atoms with E-state index in [0.717, 1.165) is 33.3 Å². The maximum atomic E-state index is 11.7. The number of anilines is 1. The molecule has 0 aliphatic carbocycles. The van der Waals surface area contributed by atoms with Crippen molar-refractivity contribution < 1.29 is 0 Å². The Hall–Kier alpha value is -4.71. The van der Waals surface area contributed by atoms with E-state index in [1.54, 1.807) is 0 Å². The second-order valence-electron chi connectivity index (χ2n) is 8.51. The molecule has 0 saturated heterocycles. The van der Waals surface area contributed by atoms with Gasteiger partial charge < -0.3 is 15.3 Å². The zero-order valence-electron chi connectivity index (χ0n) is 18.9. The molecule has 3 N–H and O–H groups in total. The number of nitrogens with zero attached hydrogens (tertiary/aromatic N) is 2. The first-order chi connectivity index (χ1) is 17.2. The van der Waals surface area contributed by atoms with Gasteiger partial charge in [-0.25, -0.2) is 14.8 Å². The summed E-state index contributed by atoms with van der Waals surface area (Å²) in [6.45, 7) is 0.679. The van der Waals surface area contributed by atoms with E-state index in [4.69, 9.17) is 9.97 Å². The van der Waals surface area contributed by atoms with Crippen LogP contribution < -0.4 is 11.0 Å². The predicted molar refractivity (Wildman–Crippen MR) is 141 cm³/mol. The molecule has 6 heteroatoms. The summed E-state index contributed by atoms with van der Waals surface area (Å²) in [6.07, 6.45) is 0. The third kappa shape index (κ3) is 4.17. The van der Waals surface area contributed by atoms with E-state index in [9.17, 15) is 4.79 Å². The molecule has 4 aromatic carbocycles. The highest BCUT2D eigenvalue weighted by Gasteiger charge is 2.16. The molecule has 6 aromatic rings. The summed E-state index contributed by atoms with van der Waals surface area (Å²) >= 11 is 0. The highest BCUT2D eigenvalue weighted by atomic mass is 16.1. The number of aromatic nitrogens is 4. The van der Waals surface area contributed by atoms with Crippen LogP contribution in [0.5, 0.6) is 0 Å². The Bertz CT molecular complexity index is 1630. The number of H-pyrrole nitrogens is 2. The maximum absolute atomic E-state index is 11.7. The van der Waals surface area contributed by atoms with Crippen LogP contribution in [0.15, 0.2) is 108 Å². The van der Waals surface area contributed by atoms with Crippen molar-refractivity contribution in [3.63, 3.8) is 0 Å². The molecule has 2 aromatic heterocycles. The van der Waals surface area contributed by atoms with Crippen LogP contribution in [-0.4, -0.2) is 26.5 Å². The van der Waals surface area contributed by atoms with Gasteiger partial charge >= 0.3 is 5.69 Å². The van der Waals surface area contributed by atoms with Gasteiger partial charge in [0.15, 0.2) is 5.82 Å². The first-order valence-electron chi connectivity index (χ1n) is 11.6. The Kier molecular flexibility index (Phi) is 5.31. The fraction of sp³-hybridized carbons (Fsp3) is 0.0690. The van der Waals surface area contributed by atoms with Gasteiger partial charge in [-0.1, -0.05) is 72.8 Å².